The van der Waals surface area contributed by atoms with Crippen molar-refractivity contribution in [1.82, 2.24) is 0 Å². The van der Waals surface area contributed by atoms with Crippen LogP contribution >= 0.6 is 0 Å². The molecule has 1 atom stereocenters. The van der Waals surface area contributed by atoms with E-state index >= 15 is 0 Å². The smallest absolute Gasteiger partial charge is 0.181 e. The molecule has 1 heterocycles. The van der Waals surface area contributed by atoms with Crippen LogP contribution in [0.3, 0.4) is 0 Å². The third kappa shape index (κ3) is 2.46. The molecule has 1 fully saturated rings. The Morgan fingerprint density at radius 1 is 1.33 bits per heavy atom. The lowest BCUT2D eigenvalue weighted by Crippen LogP contribution is -2.35. The summed E-state index contributed by atoms with van der Waals surface area (Å²) in [4.78, 5) is 12.2. The van der Waals surface area contributed by atoms with Gasteiger partial charge in [0.15, 0.2) is 15.6 Å². The first kappa shape index (κ1) is 13.2. The molecule has 98 valence electrons. The first-order valence-corrected chi connectivity index (χ1v) is 7.65. The fraction of sp³-hybridized carbons (Fsp3) is 0.462. The van der Waals surface area contributed by atoms with Gasteiger partial charge in [-0.05, 0) is 37.5 Å². The van der Waals surface area contributed by atoms with E-state index in [2.05, 4.69) is 0 Å². The van der Waals surface area contributed by atoms with Gasteiger partial charge in [0.05, 0.1) is 5.75 Å². The molecule has 0 spiro atoms. The average molecular weight is 270 g/mol. The van der Waals surface area contributed by atoms with Crippen LogP contribution in [0.5, 0.6) is 0 Å². The highest BCUT2D eigenvalue weighted by Crippen LogP contribution is 2.24. The van der Waals surface area contributed by atoms with E-state index < -0.39 is 26.7 Å². The van der Waals surface area contributed by atoms with Crippen LogP contribution in [0.2, 0.25) is 0 Å². The number of ketones is 1. The molecule has 18 heavy (non-hydrogen) atoms. The highest BCUT2D eigenvalue weighted by molar-refractivity contribution is 7.92. The van der Waals surface area contributed by atoms with E-state index in [9.17, 15) is 17.6 Å². The van der Waals surface area contributed by atoms with Crippen molar-refractivity contribution >= 4 is 15.6 Å². The summed E-state index contributed by atoms with van der Waals surface area (Å²) in [6.07, 6.45) is 1.68. The highest BCUT2D eigenvalue weighted by atomic mass is 32.2. The maximum Gasteiger partial charge on any atom is 0.181 e. The molecule has 0 amide bonds. The van der Waals surface area contributed by atoms with Gasteiger partial charge in [-0.2, -0.15) is 0 Å². The van der Waals surface area contributed by atoms with Crippen LogP contribution in [0.4, 0.5) is 4.39 Å². The predicted octanol–water partition coefficient (Wildman–Crippen LogP) is 2.28. The van der Waals surface area contributed by atoms with Crippen LogP contribution in [-0.4, -0.2) is 25.2 Å². The molecule has 1 unspecified atom stereocenters. The summed E-state index contributed by atoms with van der Waals surface area (Å²) in [5.41, 5.74) is 0.799. The zero-order chi connectivity index (χ0) is 13.3. The van der Waals surface area contributed by atoms with Gasteiger partial charge < -0.3 is 0 Å². The van der Waals surface area contributed by atoms with Gasteiger partial charge in [-0.15, -0.1) is 0 Å². The average Bonchev–Trinajstić information content (AvgIpc) is 2.31. The molecule has 3 nitrogen and oxygen atoms in total. The molecule has 0 bridgehead atoms. The number of hydrogen-bond acceptors (Lipinski definition) is 3. The van der Waals surface area contributed by atoms with E-state index in [0.717, 1.165) is 12.5 Å². The van der Waals surface area contributed by atoms with Crippen molar-refractivity contribution in [1.29, 1.82) is 0 Å². The zero-order valence-electron chi connectivity index (χ0n) is 10.1. The van der Waals surface area contributed by atoms with Gasteiger partial charge in [-0.25, -0.2) is 12.8 Å². The Kier molecular flexibility index (Phi) is 3.52. The molecular formula is C13H15FO3S. The van der Waals surface area contributed by atoms with Crippen LogP contribution in [-0.2, 0) is 9.84 Å². The van der Waals surface area contributed by atoms with Gasteiger partial charge in [-0.1, -0.05) is 12.5 Å². The standard InChI is InChI=1S/C13H15FO3S/c1-9-5-6-10(14)8-11(9)13(15)12-4-2-3-7-18(12,16)17/h5-6,8,12H,2-4,7H2,1H3. The normalized spacial score (nSPS) is 22.7. The Bertz CT molecular complexity index is 578. The molecule has 1 aliphatic heterocycles. The molecule has 0 saturated carbocycles. The van der Waals surface area contributed by atoms with Gasteiger partial charge in [0.25, 0.3) is 0 Å². The number of sulfone groups is 1. The van der Waals surface area contributed by atoms with Crippen LogP contribution in [0, 0.1) is 12.7 Å². The molecule has 1 aromatic carbocycles. The van der Waals surface area contributed by atoms with Crippen molar-refractivity contribution in [3.63, 3.8) is 0 Å². The van der Waals surface area contributed by atoms with Gasteiger partial charge in [0.1, 0.15) is 11.1 Å². The van der Waals surface area contributed by atoms with Crippen molar-refractivity contribution in [3.8, 4) is 0 Å². The number of aryl methyl sites for hydroxylation is 1. The van der Waals surface area contributed by atoms with E-state index in [0.29, 0.717) is 18.4 Å². The molecule has 1 saturated heterocycles. The van der Waals surface area contributed by atoms with Crippen molar-refractivity contribution in [2.24, 2.45) is 0 Å². The maximum absolute atomic E-state index is 13.2. The number of hydrogen-bond donors (Lipinski definition) is 0. The third-order valence-electron chi connectivity index (χ3n) is 3.34. The first-order valence-electron chi connectivity index (χ1n) is 5.94. The van der Waals surface area contributed by atoms with Crippen molar-refractivity contribution in [2.75, 3.05) is 5.75 Å². The van der Waals surface area contributed by atoms with Gasteiger partial charge in [0, 0.05) is 5.56 Å². The molecule has 2 rings (SSSR count). The van der Waals surface area contributed by atoms with E-state index in [1.54, 1.807) is 6.92 Å². The molecule has 1 aromatic rings. The first-order chi connectivity index (χ1) is 8.42. The summed E-state index contributed by atoms with van der Waals surface area (Å²) >= 11 is 0. The van der Waals surface area contributed by atoms with Crippen molar-refractivity contribution in [3.05, 3.63) is 35.1 Å². The van der Waals surface area contributed by atoms with E-state index in [1.807, 2.05) is 0 Å². The zero-order valence-corrected chi connectivity index (χ0v) is 11.0. The fourth-order valence-corrected chi connectivity index (χ4v) is 4.15. The Balaban J connectivity index is 2.39. The minimum atomic E-state index is -3.37. The van der Waals surface area contributed by atoms with Crippen LogP contribution in [0.25, 0.3) is 0 Å². The van der Waals surface area contributed by atoms with Crippen LogP contribution in [0.1, 0.15) is 35.2 Å². The summed E-state index contributed by atoms with van der Waals surface area (Å²) in [7, 11) is -3.37. The summed E-state index contributed by atoms with van der Waals surface area (Å²) in [6, 6.07) is 3.89. The molecule has 0 radical (unpaired) electrons. The minimum absolute atomic E-state index is 0.0533. The maximum atomic E-state index is 13.2. The highest BCUT2D eigenvalue weighted by Gasteiger charge is 2.35. The van der Waals surface area contributed by atoms with Gasteiger partial charge in [0.2, 0.25) is 0 Å². The summed E-state index contributed by atoms with van der Waals surface area (Å²) in [5, 5.41) is -0.994. The molecule has 0 aromatic heterocycles. The lowest BCUT2D eigenvalue weighted by atomic mass is 9.99. The van der Waals surface area contributed by atoms with Gasteiger partial charge in [-0.3, -0.25) is 4.79 Å². The number of rotatable bonds is 2. The molecular weight excluding hydrogens is 255 g/mol. The van der Waals surface area contributed by atoms with Crippen molar-refractivity contribution < 1.29 is 17.6 Å². The van der Waals surface area contributed by atoms with E-state index in [4.69, 9.17) is 0 Å². The Morgan fingerprint density at radius 2 is 2.06 bits per heavy atom. The van der Waals surface area contributed by atoms with E-state index in [1.165, 1.54) is 12.1 Å². The largest absolute Gasteiger partial charge is 0.293 e. The lowest BCUT2D eigenvalue weighted by molar-refractivity contribution is 0.0980. The second-order valence-electron chi connectivity index (χ2n) is 4.67. The van der Waals surface area contributed by atoms with Crippen LogP contribution < -0.4 is 0 Å². The quantitative estimate of drug-likeness (QED) is 0.775. The predicted molar refractivity (Wildman–Crippen MR) is 66.9 cm³/mol. The Labute approximate surface area is 106 Å². The monoisotopic (exact) mass is 270 g/mol. The summed E-state index contributed by atoms with van der Waals surface area (Å²) in [6.45, 7) is 1.68. The second-order valence-corrected chi connectivity index (χ2v) is 6.98. The molecule has 5 heteroatoms. The Hall–Kier alpha value is -1.23. The minimum Gasteiger partial charge on any atom is -0.293 e. The number of benzene rings is 1. The van der Waals surface area contributed by atoms with Gasteiger partial charge >= 0.3 is 0 Å². The van der Waals surface area contributed by atoms with Crippen molar-refractivity contribution in [2.45, 2.75) is 31.4 Å². The number of carbonyl (C=O) groups is 1. The summed E-state index contributed by atoms with van der Waals surface area (Å²) < 4.78 is 36.9. The topological polar surface area (TPSA) is 51.2 Å². The molecule has 0 aliphatic carbocycles. The molecule has 1 aliphatic rings. The number of carbonyl (C=O) groups excluding carboxylic acids is 1. The summed E-state index contributed by atoms with van der Waals surface area (Å²) in [5.74, 6) is -0.929. The third-order valence-corrected chi connectivity index (χ3v) is 5.51. The lowest BCUT2D eigenvalue weighted by Gasteiger charge is -2.21. The number of halogens is 1. The second kappa shape index (κ2) is 4.80. The number of Topliss-reactive ketones (excluding diaryl/α,β-unsaturated/α-hetero) is 1. The molecule has 0 N–H and O–H groups in total. The fourth-order valence-electron chi connectivity index (χ4n) is 2.28. The Morgan fingerprint density at radius 3 is 2.72 bits per heavy atom. The van der Waals surface area contributed by atoms with Crippen LogP contribution in [0.15, 0.2) is 18.2 Å². The van der Waals surface area contributed by atoms with E-state index in [-0.39, 0.29) is 11.3 Å². The SMILES string of the molecule is Cc1ccc(F)cc1C(=O)C1CCCCS1(=O)=O.